The molecule has 1 N–H and O–H groups in total. The van der Waals surface area contributed by atoms with Gasteiger partial charge in [-0.3, -0.25) is 4.79 Å². The van der Waals surface area contributed by atoms with Gasteiger partial charge in [-0.1, -0.05) is 20.8 Å². The Morgan fingerprint density at radius 2 is 1.71 bits per heavy atom. The first-order valence-corrected chi connectivity index (χ1v) is 9.19. The van der Waals surface area contributed by atoms with Crippen LogP contribution in [0, 0.1) is 5.41 Å². The van der Waals surface area contributed by atoms with Gasteiger partial charge in [-0.05, 0) is 30.7 Å². The number of H-pyrrole nitrogens is 1. The number of ether oxygens (including phenoxy) is 3. The molecule has 0 bridgehead atoms. The maximum absolute atomic E-state index is 13.0. The molecule has 0 amide bonds. The Hall–Kier alpha value is -3.02. The minimum Gasteiger partial charge on any atom is -0.493 e. The Balaban J connectivity index is 2.15. The number of benzene rings is 1. The van der Waals surface area contributed by atoms with E-state index in [1.165, 1.54) is 0 Å². The molecular weight excluding hydrogens is 356 g/mol. The third kappa shape index (κ3) is 3.30. The van der Waals surface area contributed by atoms with Crippen molar-refractivity contribution < 1.29 is 19.0 Å². The van der Waals surface area contributed by atoms with E-state index in [4.69, 9.17) is 19.2 Å². The van der Waals surface area contributed by atoms with Crippen molar-refractivity contribution >= 4 is 16.8 Å². The van der Waals surface area contributed by atoms with Gasteiger partial charge in [0.15, 0.2) is 17.3 Å². The SMILES string of the molecule is CCC(C)(C)C(=O)c1c[nH]c2ccc(-c3cc(OC)c(OC)c(OC)c3)nc12. The summed E-state index contributed by atoms with van der Waals surface area (Å²) in [6.07, 6.45) is 2.50. The van der Waals surface area contributed by atoms with Crippen molar-refractivity contribution in [3.05, 3.63) is 36.0 Å². The first kappa shape index (κ1) is 19.7. The van der Waals surface area contributed by atoms with Crippen molar-refractivity contribution in [3.63, 3.8) is 0 Å². The summed E-state index contributed by atoms with van der Waals surface area (Å²) in [6.45, 7) is 5.93. The molecule has 3 rings (SSSR count). The molecule has 0 aliphatic heterocycles. The van der Waals surface area contributed by atoms with Crippen LogP contribution in [-0.4, -0.2) is 37.1 Å². The molecule has 0 fully saturated rings. The fourth-order valence-electron chi connectivity index (χ4n) is 3.09. The van der Waals surface area contributed by atoms with E-state index in [2.05, 4.69) is 4.98 Å². The van der Waals surface area contributed by atoms with Crippen LogP contribution < -0.4 is 14.2 Å². The quantitative estimate of drug-likeness (QED) is 0.590. The molecule has 3 aromatic rings. The van der Waals surface area contributed by atoms with E-state index in [-0.39, 0.29) is 5.78 Å². The van der Waals surface area contributed by atoms with E-state index >= 15 is 0 Å². The van der Waals surface area contributed by atoms with Crippen molar-refractivity contribution in [2.45, 2.75) is 27.2 Å². The van der Waals surface area contributed by atoms with Crippen molar-refractivity contribution in [2.24, 2.45) is 5.41 Å². The number of ketones is 1. The predicted molar refractivity (Wildman–Crippen MR) is 110 cm³/mol. The van der Waals surface area contributed by atoms with E-state index in [0.717, 1.165) is 23.2 Å². The lowest BCUT2D eigenvalue weighted by molar-refractivity contribution is 0.0834. The smallest absolute Gasteiger partial charge is 0.203 e. The number of hydrogen-bond acceptors (Lipinski definition) is 5. The van der Waals surface area contributed by atoms with Crippen molar-refractivity contribution in [1.82, 2.24) is 9.97 Å². The number of rotatable bonds is 7. The molecule has 0 radical (unpaired) electrons. The highest BCUT2D eigenvalue weighted by atomic mass is 16.5. The summed E-state index contributed by atoms with van der Waals surface area (Å²) in [5, 5.41) is 0. The Morgan fingerprint density at radius 3 is 2.25 bits per heavy atom. The van der Waals surface area contributed by atoms with Gasteiger partial charge < -0.3 is 19.2 Å². The lowest BCUT2D eigenvalue weighted by atomic mass is 9.82. The van der Waals surface area contributed by atoms with Gasteiger partial charge in [0.25, 0.3) is 0 Å². The number of fused-ring (bicyclic) bond motifs is 1. The minimum atomic E-state index is -0.445. The molecule has 6 heteroatoms. The predicted octanol–water partition coefficient (Wildman–Crippen LogP) is 4.87. The van der Waals surface area contributed by atoms with Crippen molar-refractivity contribution in [2.75, 3.05) is 21.3 Å². The fourth-order valence-corrected chi connectivity index (χ4v) is 3.09. The lowest BCUT2D eigenvalue weighted by Gasteiger charge is -2.20. The van der Waals surface area contributed by atoms with Gasteiger partial charge >= 0.3 is 0 Å². The van der Waals surface area contributed by atoms with Gasteiger partial charge in [0.05, 0.1) is 43.6 Å². The highest BCUT2D eigenvalue weighted by Gasteiger charge is 2.29. The molecule has 0 aliphatic carbocycles. The molecule has 1 aromatic carbocycles. The third-order valence-corrected chi connectivity index (χ3v) is 5.23. The number of pyridine rings is 1. The highest BCUT2D eigenvalue weighted by molar-refractivity contribution is 6.09. The van der Waals surface area contributed by atoms with Crippen LogP contribution in [0.4, 0.5) is 0 Å². The van der Waals surface area contributed by atoms with E-state index in [1.807, 2.05) is 45.0 Å². The normalized spacial score (nSPS) is 11.5. The number of nitrogens with one attached hydrogen (secondary N) is 1. The van der Waals surface area contributed by atoms with Crippen LogP contribution >= 0.6 is 0 Å². The Kier molecular flexibility index (Phi) is 5.31. The second-order valence-corrected chi connectivity index (χ2v) is 7.28. The summed E-state index contributed by atoms with van der Waals surface area (Å²) in [7, 11) is 4.72. The number of Topliss-reactive ketones (excluding diaryl/α,β-unsaturated/α-hetero) is 1. The van der Waals surface area contributed by atoms with Gasteiger partial charge in [-0.25, -0.2) is 4.98 Å². The van der Waals surface area contributed by atoms with Gasteiger partial charge in [-0.15, -0.1) is 0 Å². The van der Waals surface area contributed by atoms with Crippen molar-refractivity contribution in [1.29, 1.82) is 0 Å². The number of carbonyl (C=O) groups excluding carboxylic acids is 1. The van der Waals surface area contributed by atoms with Gasteiger partial charge in [-0.2, -0.15) is 0 Å². The van der Waals surface area contributed by atoms with E-state index in [9.17, 15) is 4.79 Å². The second-order valence-electron chi connectivity index (χ2n) is 7.28. The van der Waals surface area contributed by atoms with Crippen LogP contribution in [0.3, 0.4) is 0 Å². The number of methoxy groups -OCH3 is 3. The van der Waals surface area contributed by atoms with Gasteiger partial charge in [0.2, 0.25) is 5.75 Å². The summed E-state index contributed by atoms with van der Waals surface area (Å²) in [4.78, 5) is 20.9. The molecule has 0 aliphatic rings. The zero-order valence-electron chi connectivity index (χ0n) is 17.2. The molecule has 0 spiro atoms. The average Bonchev–Trinajstić information content (AvgIpc) is 3.14. The topological polar surface area (TPSA) is 73.4 Å². The first-order chi connectivity index (χ1) is 13.4. The van der Waals surface area contributed by atoms with Crippen LogP contribution in [0.15, 0.2) is 30.5 Å². The number of hydrogen-bond donors (Lipinski definition) is 1. The molecule has 0 atom stereocenters. The van der Waals surface area contributed by atoms with E-state index in [0.29, 0.717) is 28.3 Å². The first-order valence-electron chi connectivity index (χ1n) is 9.19. The Bertz CT molecular complexity index is 996. The standard InChI is InChI=1S/C22H26N2O4/c1-7-22(2,3)21(25)14-12-23-16-9-8-15(24-19(14)16)13-10-17(26-4)20(28-6)18(11-13)27-5/h8-12,23H,7H2,1-6H3. The van der Waals surface area contributed by atoms with Crippen LogP contribution in [0.25, 0.3) is 22.3 Å². The largest absolute Gasteiger partial charge is 0.493 e. The second kappa shape index (κ2) is 7.54. The van der Waals surface area contributed by atoms with E-state index < -0.39 is 5.41 Å². The Morgan fingerprint density at radius 1 is 1.07 bits per heavy atom. The lowest BCUT2D eigenvalue weighted by Crippen LogP contribution is -2.23. The molecule has 6 nitrogen and oxygen atoms in total. The number of carbonyl (C=O) groups is 1. The average molecular weight is 382 g/mol. The van der Waals surface area contributed by atoms with Crippen LogP contribution in [-0.2, 0) is 0 Å². The fraction of sp³-hybridized carbons (Fsp3) is 0.364. The van der Waals surface area contributed by atoms with Crippen molar-refractivity contribution in [3.8, 4) is 28.5 Å². The van der Waals surface area contributed by atoms with E-state index in [1.54, 1.807) is 27.5 Å². The molecule has 28 heavy (non-hydrogen) atoms. The molecule has 148 valence electrons. The highest BCUT2D eigenvalue weighted by Crippen LogP contribution is 2.41. The summed E-state index contributed by atoms with van der Waals surface area (Å²) >= 11 is 0. The van der Waals surface area contributed by atoms with Crippen LogP contribution in [0.5, 0.6) is 17.2 Å². The molecule has 0 saturated heterocycles. The number of aromatic amines is 1. The maximum Gasteiger partial charge on any atom is 0.203 e. The summed E-state index contributed by atoms with van der Waals surface area (Å²) in [5.74, 6) is 1.71. The summed E-state index contributed by atoms with van der Waals surface area (Å²) in [5.41, 5.74) is 3.18. The number of aromatic nitrogens is 2. The molecule has 0 saturated carbocycles. The van der Waals surface area contributed by atoms with Crippen LogP contribution in [0.1, 0.15) is 37.6 Å². The monoisotopic (exact) mass is 382 g/mol. The zero-order valence-corrected chi connectivity index (χ0v) is 17.2. The molecule has 0 unspecified atom stereocenters. The zero-order chi connectivity index (χ0) is 20.5. The molecule has 2 aromatic heterocycles. The minimum absolute atomic E-state index is 0.0794. The molecule has 2 heterocycles. The van der Waals surface area contributed by atoms with Gasteiger partial charge in [0, 0.05) is 17.2 Å². The molecular formula is C22H26N2O4. The van der Waals surface area contributed by atoms with Crippen LogP contribution in [0.2, 0.25) is 0 Å². The Labute approximate surface area is 164 Å². The third-order valence-electron chi connectivity index (χ3n) is 5.23. The summed E-state index contributed by atoms with van der Waals surface area (Å²) < 4.78 is 16.3. The number of nitrogens with zero attached hydrogens (tertiary/aromatic N) is 1. The van der Waals surface area contributed by atoms with Gasteiger partial charge in [0.1, 0.15) is 0 Å². The summed E-state index contributed by atoms with van der Waals surface area (Å²) in [6, 6.07) is 7.52. The maximum atomic E-state index is 13.0.